The van der Waals surface area contributed by atoms with Crippen LogP contribution < -0.4 is 14.8 Å². The van der Waals surface area contributed by atoms with Gasteiger partial charge in [0.2, 0.25) is 10.0 Å². The first-order chi connectivity index (χ1) is 10.4. The van der Waals surface area contributed by atoms with E-state index in [0.29, 0.717) is 36.6 Å². The van der Waals surface area contributed by atoms with Crippen LogP contribution in [0.2, 0.25) is 0 Å². The normalized spacial score (nSPS) is 13.1. The van der Waals surface area contributed by atoms with Gasteiger partial charge < -0.3 is 14.8 Å². The fraction of sp³-hybridized carbons (Fsp3) is 0.571. The summed E-state index contributed by atoms with van der Waals surface area (Å²) in [5.41, 5.74) is 0. The molecule has 6 nitrogen and oxygen atoms in total. The van der Waals surface area contributed by atoms with Crippen LogP contribution >= 0.6 is 15.9 Å². The van der Waals surface area contributed by atoms with Crippen molar-refractivity contribution >= 4 is 26.0 Å². The molecule has 0 aliphatic rings. The molecule has 0 aliphatic heterocycles. The number of halogens is 1. The smallest absolute Gasteiger partial charge is 0.244 e. The summed E-state index contributed by atoms with van der Waals surface area (Å²) in [6, 6.07) is 4.93. The van der Waals surface area contributed by atoms with Crippen LogP contribution in [-0.4, -0.2) is 47.9 Å². The van der Waals surface area contributed by atoms with Crippen molar-refractivity contribution in [3.63, 3.8) is 0 Å². The second kappa shape index (κ2) is 9.46. The van der Waals surface area contributed by atoms with E-state index in [4.69, 9.17) is 9.47 Å². The summed E-state index contributed by atoms with van der Waals surface area (Å²) in [4.78, 5) is 0.113. The number of sulfonamides is 1. The molecule has 1 atom stereocenters. The van der Waals surface area contributed by atoms with Gasteiger partial charge in [0.15, 0.2) is 0 Å². The van der Waals surface area contributed by atoms with Gasteiger partial charge in [0, 0.05) is 23.7 Å². The van der Waals surface area contributed by atoms with Gasteiger partial charge in [-0.05, 0) is 39.1 Å². The predicted molar refractivity (Wildman–Crippen MR) is 89.8 cm³/mol. The van der Waals surface area contributed by atoms with E-state index in [1.165, 1.54) is 6.07 Å². The Hall–Kier alpha value is -0.670. The van der Waals surface area contributed by atoms with Crippen molar-refractivity contribution in [3.8, 4) is 5.75 Å². The second-order valence-electron chi connectivity index (χ2n) is 4.68. The minimum atomic E-state index is -3.65. The van der Waals surface area contributed by atoms with E-state index in [-0.39, 0.29) is 10.9 Å². The maximum atomic E-state index is 12.4. The van der Waals surface area contributed by atoms with Crippen molar-refractivity contribution in [2.24, 2.45) is 0 Å². The Morgan fingerprint density at radius 2 is 2.05 bits per heavy atom. The van der Waals surface area contributed by atoms with E-state index < -0.39 is 10.0 Å². The lowest BCUT2D eigenvalue weighted by Gasteiger charge is -2.15. The van der Waals surface area contributed by atoms with Crippen LogP contribution in [0.1, 0.15) is 13.8 Å². The number of benzene rings is 1. The molecule has 0 radical (unpaired) electrons. The number of likely N-dealkylation sites (N-methyl/N-ethyl adjacent to an activating group) is 1. The average molecular weight is 395 g/mol. The fourth-order valence-electron chi connectivity index (χ4n) is 1.58. The van der Waals surface area contributed by atoms with Crippen molar-refractivity contribution in [1.29, 1.82) is 0 Å². The lowest BCUT2D eigenvalue weighted by Crippen LogP contribution is -2.37. The summed E-state index contributed by atoms with van der Waals surface area (Å²) < 4.78 is 38.9. The van der Waals surface area contributed by atoms with Crippen LogP contribution in [0.15, 0.2) is 27.6 Å². The molecule has 0 bridgehead atoms. The van der Waals surface area contributed by atoms with Gasteiger partial charge in [-0.2, -0.15) is 0 Å². The van der Waals surface area contributed by atoms with Crippen molar-refractivity contribution in [3.05, 3.63) is 22.7 Å². The maximum absolute atomic E-state index is 12.4. The van der Waals surface area contributed by atoms with Crippen LogP contribution in [0.4, 0.5) is 0 Å². The topological polar surface area (TPSA) is 76.7 Å². The van der Waals surface area contributed by atoms with Crippen LogP contribution in [-0.2, 0) is 14.8 Å². The lowest BCUT2D eigenvalue weighted by molar-refractivity contribution is 0.109. The third kappa shape index (κ3) is 6.21. The third-order valence-corrected chi connectivity index (χ3v) is 4.89. The Balaban J connectivity index is 2.88. The summed E-state index contributed by atoms with van der Waals surface area (Å²) >= 11 is 3.29. The quantitative estimate of drug-likeness (QED) is 0.591. The zero-order valence-electron chi connectivity index (χ0n) is 13.1. The Morgan fingerprint density at radius 1 is 1.32 bits per heavy atom. The number of hydrogen-bond donors (Lipinski definition) is 2. The minimum Gasteiger partial charge on any atom is -0.490 e. The average Bonchev–Trinajstić information content (AvgIpc) is 2.50. The Kier molecular flexibility index (Phi) is 8.34. The summed E-state index contributed by atoms with van der Waals surface area (Å²) in [5.74, 6) is 0.313. The molecule has 0 fully saturated rings. The molecule has 2 N–H and O–H groups in total. The molecule has 1 aromatic rings. The van der Waals surface area contributed by atoms with Crippen molar-refractivity contribution < 1.29 is 17.9 Å². The lowest BCUT2D eigenvalue weighted by atomic mass is 10.3. The molecule has 0 heterocycles. The highest BCUT2D eigenvalue weighted by atomic mass is 79.9. The highest BCUT2D eigenvalue weighted by Gasteiger charge is 2.20. The molecule has 0 saturated heterocycles. The molecule has 22 heavy (non-hydrogen) atoms. The molecule has 8 heteroatoms. The Morgan fingerprint density at radius 3 is 2.68 bits per heavy atom. The van der Waals surface area contributed by atoms with Crippen LogP contribution in [0, 0.1) is 0 Å². The van der Waals surface area contributed by atoms with Gasteiger partial charge in [0.25, 0.3) is 0 Å². The number of rotatable bonds is 10. The van der Waals surface area contributed by atoms with E-state index >= 15 is 0 Å². The van der Waals surface area contributed by atoms with Gasteiger partial charge >= 0.3 is 0 Å². The first-order valence-electron chi connectivity index (χ1n) is 7.07. The molecule has 1 aromatic carbocycles. The van der Waals surface area contributed by atoms with Gasteiger partial charge in [-0.25, -0.2) is 13.1 Å². The fourth-order valence-corrected chi connectivity index (χ4v) is 3.39. The van der Waals surface area contributed by atoms with Gasteiger partial charge in [-0.3, -0.25) is 0 Å². The second-order valence-corrected chi connectivity index (χ2v) is 7.33. The van der Waals surface area contributed by atoms with Gasteiger partial charge in [-0.1, -0.05) is 15.9 Å². The first-order valence-corrected chi connectivity index (χ1v) is 9.35. The molecular weight excluding hydrogens is 372 g/mol. The SMILES string of the molecule is CCOCCOc1ccc(Br)cc1S(=O)(=O)NCC(C)NC. The van der Waals surface area contributed by atoms with Crippen LogP contribution in [0.3, 0.4) is 0 Å². The molecule has 0 aromatic heterocycles. The molecule has 1 rings (SSSR count). The summed E-state index contributed by atoms with van der Waals surface area (Å²) in [5, 5.41) is 2.98. The van der Waals surface area contributed by atoms with E-state index in [1.807, 2.05) is 13.8 Å². The molecule has 0 amide bonds. The van der Waals surface area contributed by atoms with Gasteiger partial charge in [0.05, 0.1) is 6.61 Å². The molecule has 0 aliphatic carbocycles. The van der Waals surface area contributed by atoms with Gasteiger partial charge in [-0.15, -0.1) is 0 Å². The van der Waals surface area contributed by atoms with E-state index in [2.05, 4.69) is 26.0 Å². The zero-order chi connectivity index (χ0) is 16.6. The summed E-state index contributed by atoms with van der Waals surface area (Å²) in [6.45, 7) is 5.38. The van der Waals surface area contributed by atoms with Crippen LogP contribution in [0.25, 0.3) is 0 Å². The molecular formula is C14H23BrN2O4S. The maximum Gasteiger partial charge on any atom is 0.244 e. The van der Waals surface area contributed by atoms with Crippen molar-refractivity contribution in [2.75, 3.05) is 33.4 Å². The Bertz CT molecular complexity index is 566. The Labute approximate surface area is 140 Å². The number of ether oxygens (including phenoxy) is 2. The van der Waals surface area contributed by atoms with Crippen LogP contribution in [0.5, 0.6) is 5.75 Å². The van der Waals surface area contributed by atoms with E-state index in [0.717, 1.165) is 0 Å². The van der Waals surface area contributed by atoms with Crippen molar-refractivity contribution in [2.45, 2.75) is 24.8 Å². The number of nitrogens with one attached hydrogen (secondary N) is 2. The molecule has 126 valence electrons. The zero-order valence-corrected chi connectivity index (χ0v) is 15.5. The molecule has 0 saturated carbocycles. The van der Waals surface area contributed by atoms with E-state index in [9.17, 15) is 8.42 Å². The predicted octanol–water partition coefficient (Wildman–Crippen LogP) is 1.75. The highest BCUT2D eigenvalue weighted by molar-refractivity contribution is 9.10. The standard InChI is InChI=1S/C14H23BrN2O4S/c1-4-20-7-8-21-13-6-5-12(15)9-14(13)22(18,19)17-10-11(2)16-3/h5-6,9,11,16-17H,4,7-8,10H2,1-3H3. The first kappa shape index (κ1) is 19.4. The monoisotopic (exact) mass is 394 g/mol. The van der Waals surface area contributed by atoms with E-state index in [1.54, 1.807) is 19.2 Å². The molecule has 1 unspecified atom stereocenters. The third-order valence-electron chi connectivity index (χ3n) is 2.96. The number of hydrogen-bond acceptors (Lipinski definition) is 5. The highest BCUT2D eigenvalue weighted by Crippen LogP contribution is 2.27. The largest absolute Gasteiger partial charge is 0.490 e. The summed E-state index contributed by atoms with van der Waals surface area (Å²) in [7, 11) is -1.87. The van der Waals surface area contributed by atoms with Crippen molar-refractivity contribution in [1.82, 2.24) is 10.0 Å². The molecule has 0 spiro atoms. The van der Waals surface area contributed by atoms with Gasteiger partial charge in [0.1, 0.15) is 17.3 Å². The minimum absolute atomic E-state index is 0.0317. The summed E-state index contributed by atoms with van der Waals surface area (Å²) in [6.07, 6.45) is 0.